The average molecular weight is 188 g/mol. The van der Waals surface area contributed by atoms with Crippen LogP contribution in [-0.4, -0.2) is 0 Å². The fraction of sp³-hybridized carbons (Fsp3) is 0.273. The molecule has 0 saturated heterocycles. The molecule has 2 nitrogen and oxygen atoms in total. The third kappa shape index (κ3) is 1.24. The van der Waals surface area contributed by atoms with Crippen LogP contribution < -0.4 is 0 Å². The first kappa shape index (κ1) is 10.2. The highest BCUT2D eigenvalue weighted by Gasteiger charge is 2.17. The molecule has 1 aromatic rings. The maximum Gasteiger partial charge on any atom is 0.226 e. The zero-order valence-corrected chi connectivity index (χ0v) is 8.27. The fourth-order valence-electron chi connectivity index (χ4n) is 1.36. The minimum atomic E-state index is -0.692. The predicted molar refractivity (Wildman–Crippen MR) is 51.6 cm³/mol. The van der Waals surface area contributed by atoms with Gasteiger partial charge in [0, 0.05) is 0 Å². The first-order valence-corrected chi connectivity index (χ1v) is 4.11. The van der Waals surface area contributed by atoms with Crippen molar-refractivity contribution >= 4 is 5.69 Å². The van der Waals surface area contributed by atoms with Crippen LogP contribution in [-0.2, 0) is 0 Å². The van der Waals surface area contributed by atoms with Gasteiger partial charge in [-0.2, -0.15) is 5.26 Å². The van der Waals surface area contributed by atoms with Gasteiger partial charge in [0.05, 0.1) is 12.1 Å². The Kier molecular flexibility index (Phi) is 2.53. The average Bonchev–Trinajstić information content (AvgIpc) is 2.16. The summed E-state index contributed by atoms with van der Waals surface area (Å²) in [7, 11) is 0. The Hall–Kier alpha value is -1.87. The van der Waals surface area contributed by atoms with Gasteiger partial charge in [-0.15, -0.1) is 0 Å². The lowest BCUT2D eigenvalue weighted by Crippen LogP contribution is -1.96. The van der Waals surface area contributed by atoms with Crippen molar-refractivity contribution in [1.82, 2.24) is 0 Å². The molecule has 14 heavy (non-hydrogen) atoms. The summed E-state index contributed by atoms with van der Waals surface area (Å²) >= 11 is 0. The summed E-state index contributed by atoms with van der Waals surface area (Å²) in [4.78, 5) is 3.10. The summed E-state index contributed by atoms with van der Waals surface area (Å²) in [5, 5.41) is 8.74. The number of benzene rings is 1. The highest BCUT2D eigenvalue weighted by molar-refractivity contribution is 5.63. The van der Waals surface area contributed by atoms with E-state index in [9.17, 15) is 4.39 Å². The Labute approximate surface area is 82.4 Å². The van der Waals surface area contributed by atoms with Crippen LogP contribution >= 0.6 is 0 Å². The van der Waals surface area contributed by atoms with E-state index < -0.39 is 5.82 Å². The Morgan fingerprint density at radius 1 is 1.21 bits per heavy atom. The monoisotopic (exact) mass is 188 g/mol. The highest BCUT2D eigenvalue weighted by atomic mass is 19.1. The second kappa shape index (κ2) is 3.47. The summed E-state index contributed by atoms with van der Waals surface area (Å²) in [5.74, 6) is -0.692. The molecule has 0 heterocycles. The van der Waals surface area contributed by atoms with E-state index in [4.69, 9.17) is 11.8 Å². The first-order valence-electron chi connectivity index (χ1n) is 4.11. The second-order valence-electron chi connectivity index (χ2n) is 3.14. The molecular formula is C11H9FN2. The molecule has 0 aromatic heterocycles. The van der Waals surface area contributed by atoms with Crippen molar-refractivity contribution in [3.05, 3.63) is 39.5 Å². The molecule has 0 N–H and O–H groups in total. The zero-order chi connectivity index (χ0) is 10.9. The van der Waals surface area contributed by atoms with Crippen molar-refractivity contribution in [2.45, 2.75) is 20.8 Å². The van der Waals surface area contributed by atoms with Gasteiger partial charge in [0.1, 0.15) is 11.9 Å². The van der Waals surface area contributed by atoms with Crippen LogP contribution in [0.3, 0.4) is 0 Å². The van der Waals surface area contributed by atoms with E-state index in [1.807, 2.05) is 0 Å². The summed E-state index contributed by atoms with van der Waals surface area (Å²) in [6.07, 6.45) is 0. The third-order valence-electron chi connectivity index (χ3n) is 2.51. The van der Waals surface area contributed by atoms with Gasteiger partial charge >= 0.3 is 0 Å². The minimum absolute atomic E-state index is 0.0147. The van der Waals surface area contributed by atoms with E-state index >= 15 is 0 Å². The van der Waals surface area contributed by atoms with Crippen LogP contribution in [0.2, 0.25) is 0 Å². The van der Waals surface area contributed by atoms with Gasteiger partial charge in [0.25, 0.3) is 0 Å². The zero-order valence-electron chi connectivity index (χ0n) is 8.27. The predicted octanol–water partition coefficient (Wildman–Crippen LogP) is 3.17. The number of nitriles is 1. The number of halogens is 1. The molecule has 0 aliphatic carbocycles. The second-order valence-corrected chi connectivity index (χ2v) is 3.14. The summed E-state index contributed by atoms with van der Waals surface area (Å²) in [6, 6.07) is 1.79. The van der Waals surface area contributed by atoms with E-state index in [0.717, 1.165) is 5.56 Å². The molecule has 0 radical (unpaired) electrons. The smallest absolute Gasteiger partial charge is 0.226 e. The Morgan fingerprint density at radius 2 is 1.79 bits per heavy atom. The topological polar surface area (TPSA) is 28.1 Å². The Morgan fingerprint density at radius 3 is 2.21 bits per heavy atom. The van der Waals surface area contributed by atoms with Gasteiger partial charge in [0.2, 0.25) is 5.69 Å². The van der Waals surface area contributed by atoms with E-state index in [-0.39, 0.29) is 11.3 Å². The standard InChI is InChI=1S/C11H9FN2/c1-6-7(2)9(5-13)10(12)11(14-4)8(6)3/h1-3H3. The van der Waals surface area contributed by atoms with Gasteiger partial charge in [-0.3, -0.25) is 0 Å². The molecule has 1 rings (SSSR count). The van der Waals surface area contributed by atoms with Gasteiger partial charge in [-0.1, -0.05) is 5.56 Å². The van der Waals surface area contributed by atoms with E-state index in [1.54, 1.807) is 26.8 Å². The fourth-order valence-corrected chi connectivity index (χ4v) is 1.36. The molecule has 0 spiro atoms. The maximum absolute atomic E-state index is 13.5. The van der Waals surface area contributed by atoms with Gasteiger partial charge in [-0.05, 0) is 31.9 Å². The van der Waals surface area contributed by atoms with Crippen LogP contribution in [0, 0.1) is 44.5 Å². The molecule has 0 atom stereocenters. The van der Waals surface area contributed by atoms with Crippen LogP contribution in [0.25, 0.3) is 4.85 Å². The molecule has 3 heteroatoms. The van der Waals surface area contributed by atoms with Crippen molar-refractivity contribution in [3.63, 3.8) is 0 Å². The normalized spacial score (nSPS) is 9.29. The SMILES string of the molecule is [C-]#[N+]c1c(C)c(C)c(C)c(C#N)c1F. The quantitative estimate of drug-likeness (QED) is 0.575. The molecular weight excluding hydrogens is 179 g/mol. The highest BCUT2D eigenvalue weighted by Crippen LogP contribution is 2.31. The van der Waals surface area contributed by atoms with Crippen molar-refractivity contribution in [2.75, 3.05) is 0 Å². The molecule has 0 bridgehead atoms. The van der Waals surface area contributed by atoms with E-state index in [2.05, 4.69) is 4.85 Å². The number of hydrogen-bond donors (Lipinski definition) is 0. The Bertz CT molecular complexity index is 435. The Balaban J connectivity index is 3.78. The number of hydrogen-bond acceptors (Lipinski definition) is 1. The van der Waals surface area contributed by atoms with Gasteiger partial charge in [-0.25, -0.2) is 9.24 Å². The van der Waals surface area contributed by atoms with Crippen molar-refractivity contribution in [1.29, 1.82) is 5.26 Å². The van der Waals surface area contributed by atoms with Crippen LogP contribution in [0.15, 0.2) is 0 Å². The number of rotatable bonds is 0. The van der Waals surface area contributed by atoms with Crippen molar-refractivity contribution in [3.8, 4) is 6.07 Å². The number of nitrogens with zero attached hydrogens (tertiary/aromatic N) is 2. The van der Waals surface area contributed by atoms with Gasteiger partial charge < -0.3 is 0 Å². The first-order chi connectivity index (χ1) is 6.54. The summed E-state index contributed by atoms with van der Waals surface area (Å²) < 4.78 is 13.5. The molecule has 0 amide bonds. The lowest BCUT2D eigenvalue weighted by molar-refractivity contribution is 0.627. The molecule has 0 aliphatic heterocycles. The van der Waals surface area contributed by atoms with Gasteiger partial charge in [0.15, 0.2) is 0 Å². The molecule has 70 valence electrons. The molecule has 0 unspecified atom stereocenters. The van der Waals surface area contributed by atoms with Crippen LogP contribution in [0.1, 0.15) is 22.3 Å². The largest absolute Gasteiger partial charge is 0.235 e. The molecule has 0 fully saturated rings. The van der Waals surface area contributed by atoms with E-state index in [0.29, 0.717) is 11.1 Å². The van der Waals surface area contributed by atoms with E-state index in [1.165, 1.54) is 0 Å². The van der Waals surface area contributed by atoms with Crippen molar-refractivity contribution in [2.24, 2.45) is 0 Å². The maximum atomic E-state index is 13.5. The minimum Gasteiger partial charge on any atom is -0.235 e. The molecule has 1 aromatic carbocycles. The summed E-state index contributed by atoms with van der Waals surface area (Å²) in [5.41, 5.74) is 2.00. The molecule has 0 saturated carbocycles. The van der Waals surface area contributed by atoms with Crippen LogP contribution in [0.5, 0.6) is 0 Å². The van der Waals surface area contributed by atoms with Crippen LogP contribution in [0.4, 0.5) is 10.1 Å². The van der Waals surface area contributed by atoms with Crippen molar-refractivity contribution < 1.29 is 4.39 Å². The lowest BCUT2D eigenvalue weighted by Gasteiger charge is -2.09. The lowest BCUT2D eigenvalue weighted by atomic mass is 9.97. The molecule has 0 aliphatic rings. The summed E-state index contributed by atoms with van der Waals surface area (Å²) in [6.45, 7) is 12.0. The third-order valence-corrected chi connectivity index (χ3v) is 2.51.